The van der Waals surface area contributed by atoms with E-state index in [0.717, 1.165) is 19.4 Å². The van der Waals surface area contributed by atoms with Crippen LogP contribution in [0.5, 0.6) is 0 Å². The van der Waals surface area contributed by atoms with Crippen molar-refractivity contribution in [1.82, 2.24) is 14.9 Å². The molecule has 17 heavy (non-hydrogen) atoms. The SMILES string of the molecule is NCC1(CC(=O)NCCn2ccnc2)CCC1. The van der Waals surface area contributed by atoms with E-state index in [0.29, 0.717) is 19.5 Å². The van der Waals surface area contributed by atoms with Crippen LogP contribution in [0, 0.1) is 5.41 Å². The fourth-order valence-corrected chi connectivity index (χ4v) is 2.28. The van der Waals surface area contributed by atoms with Crippen LogP contribution < -0.4 is 11.1 Å². The first-order valence-corrected chi connectivity index (χ1v) is 6.17. The minimum atomic E-state index is 0.0963. The van der Waals surface area contributed by atoms with E-state index in [-0.39, 0.29) is 11.3 Å². The van der Waals surface area contributed by atoms with E-state index < -0.39 is 0 Å². The predicted molar refractivity (Wildman–Crippen MR) is 65.2 cm³/mol. The van der Waals surface area contributed by atoms with Gasteiger partial charge in [-0.05, 0) is 24.8 Å². The largest absolute Gasteiger partial charge is 0.354 e. The maximum absolute atomic E-state index is 11.7. The molecule has 2 rings (SSSR count). The summed E-state index contributed by atoms with van der Waals surface area (Å²) in [5.41, 5.74) is 5.83. The van der Waals surface area contributed by atoms with Crippen molar-refractivity contribution in [3.8, 4) is 0 Å². The number of nitrogens with two attached hydrogens (primary N) is 1. The first-order chi connectivity index (χ1) is 8.24. The van der Waals surface area contributed by atoms with Gasteiger partial charge in [0, 0.05) is 31.9 Å². The smallest absolute Gasteiger partial charge is 0.220 e. The van der Waals surface area contributed by atoms with E-state index in [9.17, 15) is 4.79 Å². The summed E-state index contributed by atoms with van der Waals surface area (Å²) in [5, 5.41) is 2.94. The summed E-state index contributed by atoms with van der Waals surface area (Å²) in [6.07, 6.45) is 9.35. The molecule has 1 fully saturated rings. The topological polar surface area (TPSA) is 72.9 Å². The van der Waals surface area contributed by atoms with Gasteiger partial charge in [0.15, 0.2) is 0 Å². The molecule has 5 heteroatoms. The van der Waals surface area contributed by atoms with Crippen molar-refractivity contribution in [2.75, 3.05) is 13.1 Å². The molecule has 3 N–H and O–H groups in total. The van der Waals surface area contributed by atoms with Crippen LogP contribution in [0.3, 0.4) is 0 Å². The van der Waals surface area contributed by atoms with Gasteiger partial charge in [-0.1, -0.05) is 6.42 Å². The molecule has 1 amide bonds. The van der Waals surface area contributed by atoms with Crippen molar-refractivity contribution in [3.63, 3.8) is 0 Å². The molecular weight excluding hydrogens is 216 g/mol. The molecule has 0 saturated heterocycles. The Kier molecular flexibility index (Phi) is 3.78. The molecule has 1 aliphatic carbocycles. The van der Waals surface area contributed by atoms with Crippen LogP contribution in [0.15, 0.2) is 18.7 Å². The number of carbonyl (C=O) groups is 1. The quantitative estimate of drug-likeness (QED) is 0.756. The highest BCUT2D eigenvalue weighted by Gasteiger charge is 2.37. The number of amides is 1. The minimum absolute atomic E-state index is 0.0963. The zero-order chi connectivity index (χ0) is 12.1. The number of hydrogen-bond donors (Lipinski definition) is 2. The van der Waals surface area contributed by atoms with Crippen LogP contribution in [0.4, 0.5) is 0 Å². The number of hydrogen-bond acceptors (Lipinski definition) is 3. The number of rotatable bonds is 6. The highest BCUT2D eigenvalue weighted by Crippen LogP contribution is 2.42. The van der Waals surface area contributed by atoms with Crippen LogP contribution in [0.2, 0.25) is 0 Å². The lowest BCUT2D eigenvalue weighted by Crippen LogP contribution is -2.42. The van der Waals surface area contributed by atoms with Gasteiger partial charge >= 0.3 is 0 Å². The molecule has 5 nitrogen and oxygen atoms in total. The lowest BCUT2D eigenvalue weighted by molar-refractivity contribution is -0.124. The Balaban J connectivity index is 1.67. The zero-order valence-electron chi connectivity index (χ0n) is 10.1. The van der Waals surface area contributed by atoms with E-state index in [1.165, 1.54) is 6.42 Å². The summed E-state index contributed by atoms with van der Waals surface area (Å²) >= 11 is 0. The lowest BCUT2D eigenvalue weighted by atomic mass is 9.66. The third-order valence-corrected chi connectivity index (χ3v) is 3.63. The molecule has 94 valence electrons. The predicted octanol–water partition coefficient (Wildman–Crippen LogP) is 0.518. The molecular formula is C12H20N4O. The maximum Gasteiger partial charge on any atom is 0.220 e. The highest BCUT2D eigenvalue weighted by atomic mass is 16.1. The number of aromatic nitrogens is 2. The Morgan fingerprint density at radius 2 is 2.35 bits per heavy atom. The van der Waals surface area contributed by atoms with Gasteiger partial charge in [-0.25, -0.2) is 4.98 Å². The van der Waals surface area contributed by atoms with Crippen molar-refractivity contribution in [2.24, 2.45) is 11.1 Å². The van der Waals surface area contributed by atoms with Gasteiger partial charge in [0.05, 0.1) is 6.33 Å². The molecule has 1 aromatic rings. The third kappa shape index (κ3) is 3.06. The summed E-state index contributed by atoms with van der Waals surface area (Å²) in [5.74, 6) is 0.121. The number of nitrogens with zero attached hydrogens (tertiary/aromatic N) is 2. The van der Waals surface area contributed by atoms with Gasteiger partial charge in [-0.15, -0.1) is 0 Å². The summed E-state index contributed by atoms with van der Waals surface area (Å²) in [6, 6.07) is 0. The monoisotopic (exact) mass is 236 g/mol. The van der Waals surface area contributed by atoms with Crippen LogP contribution >= 0.6 is 0 Å². The van der Waals surface area contributed by atoms with E-state index in [1.807, 2.05) is 10.8 Å². The van der Waals surface area contributed by atoms with Crippen LogP contribution in [0.25, 0.3) is 0 Å². The standard InChI is InChI=1S/C12H20N4O/c13-9-12(2-1-3-12)8-11(17)15-5-7-16-6-4-14-10-16/h4,6,10H,1-3,5,7-9,13H2,(H,15,17). The Labute approximate surface area is 101 Å². The molecule has 0 unspecified atom stereocenters. The maximum atomic E-state index is 11.7. The Hall–Kier alpha value is -1.36. The van der Waals surface area contributed by atoms with Crippen molar-refractivity contribution >= 4 is 5.91 Å². The number of nitrogens with one attached hydrogen (secondary N) is 1. The molecule has 0 atom stereocenters. The van der Waals surface area contributed by atoms with Gasteiger partial charge in [0.1, 0.15) is 0 Å². The second-order valence-electron chi connectivity index (χ2n) is 4.88. The fourth-order valence-electron chi connectivity index (χ4n) is 2.28. The van der Waals surface area contributed by atoms with Crippen LogP contribution in [-0.4, -0.2) is 28.5 Å². The average molecular weight is 236 g/mol. The second kappa shape index (κ2) is 5.31. The summed E-state index contributed by atoms with van der Waals surface area (Å²) in [6.45, 7) is 2.04. The van der Waals surface area contributed by atoms with Gasteiger partial charge < -0.3 is 15.6 Å². The van der Waals surface area contributed by atoms with E-state index in [4.69, 9.17) is 5.73 Å². The lowest BCUT2D eigenvalue weighted by Gasteiger charge is -2.40. The molecule has 0 aliphatic heterocycles. The summed E-state index contributed by atoms with van der Waals surface area (Å²) in [4.78, 5) is 15.7. The highest BCUT2D eigenvalue weighted by molar-refractivity contribution is 5.76. The Morgan fingerprint density at radius 1 is 1.53 bits per heavy atom. The second-order valence-corrected chi connectivity index (χ2v) is 4.88. The van der Waals surface area contributed by atoms with E-state index in [2.05, 4.69) is 10.3 Å². The molecule has 0 bridgehead atoms. The molecule has 1 heterocycles. The van der Waals surface area contributed by atoms with E-state index >= 15 is 0 Å². The first kappa shape index (κ1) is 12.1. The first-order valence-electron chi connectivity index (χ1n) is 6.17. The molecule has 0 spiro atoms. The van der Waals surface area contributed by atoms with Gasteiger partial charge in [-0.3, -0.25) is 4.79 Å². The van der Waals surface area contributed by atoms with Gasteiger partial charge in [-0.2, -0.15) is 0 Å². The summed E-state index contributed by atoms with van der Waals surface area (Å²) < 4.78 is 1.95. The normalized spacial score (nSPS) is 17.5. The molecule has 1 saturated carbocycles. The fraction of sp³-hybridized carbons (Fsp3) is 0.667. The third-order valence-electron chi connectivity index (χ3n) is 3.63. The van der Waals surface area contributed by atoms with Crippen molar-refractivity contribution in [2.45, 2.75) is 32.2 Å². The minimum Gasteiger partial charge on any atom is -0.354 e. The van der Waals surface area contributed by atoms with Crippen molar-refractivity contribution in [3.05, 3.63) is 18.7 Å². The zero-order valence-corrected chi connectivity index (χ0v) is 10.1. The van der Waals surface area contributed by atoms with Crippen molar-refractivity contribution in [1.29, 1.82) is 0 Å². The molecule has 1 aliphatic rings. The Bertz CT molecular complexity index is 351. The molecule has 0 aromatic carbocycles. The van der Waals surface area contributed by atoms with Gasteiger partial charge in [0.25, 0.3) is 0 Å². The van der Waals surface area contributed by atoms with Gasteiger partial charge in [0.2, 0.25) is 5.91 Å². The van der Waals surface area contributed by atoms with Crippen LogP contribution in [-0.2, 0) is 11.3 Å². The summed E-state index contributed by atoms with van der Waals surface area (Å²) in [7, 11) is 0. The number of imidazole rings is 1. The van der Waals surface area contributed by atoms with Crippen LogP contribution in [0.1, 0.15) is 25.7 Å². The molecule has 0 radical (unpaired) electrons. The molecule has 1 aromatic heterocycles. The van der Waals surface area contributed by atoms with Crippen molar-refractivity contribution < 1.29 is 4.79 Å². The van der Waals surface area contributed by atoms with E-state index in [1.54, 1.807) is 12.5 Å². The average Bonchev–Trinajstić information content (AvgIpc) is 2.76. The number of carbonyl (C=O) groups excluding carboxylic acids is 1. The Morgan fingerprint density at radius 3 is 2.88 bits per heavy atom.